The molecule has 1 heterocycles. The second-order valence-corrected chi connectivity index (χ2v) is 5.36. The number of nitrogens with zero attached hydrogens (tertiary/aromatic N) is 2. The SMILES string of the molecule is CS(=O)(=O)CCC1(CCN)N=N1. The Morgan fingerprint density at radius 2 is 1.92 bits per heavy atom. The minimum atomic E-state index is -2.90. The third kappa shape index (κ3) is 2.86. The molecule has 0 aromatic heterocycles. The molecule has 70 valence electrons. The Kier molecular flexibility index (Phi) is 2.48. The van der Waals surface area contributed by atoms with Crippen molar-refractivity contribution in [1.29, 1.82) is 0 Å². The second kappa shape index (κ2) is 3.10. The molecule has 2 N–H and O–H groups in total. The van der Waals surface area contributed by atoms with Crippen molar-refractivity contribution in [1.82, 2.24) is 0 Å². The van der Waals surface area contributed by atoms with Crippen LogP contribution in [0.5, 0.6) is 0 Å². The van der Waals surface area contributed by atoms with Crippen molar-refractivity contribution in [3.8, 4) is 0 Å². The van der Waals surface area contributed by atoms with Crippen LogP contribution in [0.15, 0.2) is 10.2 Å². The first-order chi connectivity index (χ1) is 5.47. The fourth-order valence-corrected chi connectivity index (χ4v) is 1.67. The van der Waals surface area contributed by atoms with Crippen LogP contribution in [0.2, 0.25) is 0 Å². The van der Waals surface area contributed by atoms with Crippen LogP contribution in [-0.2, 0) is 9.84 Å². The van der Waals surface area contributed by atoms with Gasteiger partial charge in [0.1, 0.15) is 9.84 Å². The number of hydrogen-bond donors (Lipinski definition) is 1. The highest BCUT2D eigenvalue weighted by Crippen LogP contribution is 2.35. The summed E-state index contributed by atoms with van der Waals surface area (Å²) >= 11 is 0. The molecule has 1 aliphatic rings. The standard InChI is InChI=1S/C6H13N3O2S/c1-12(10,11)5-3-6(2-4-7)8-9-6/h2-5,7H2,1H3. The molecule has 0 saturated carbocycles. The van der Waals surface area contributed by atoms with E-state index in [4.69, 9.17) is 5.73 Å². The largest absolute Gasteiger partial charge is 0.330 e. The zero-order valence-corrected chi connectivity index (χ0v) is 7.84. The predicted molar refractivity (Wildman–Crippen MR) is 45.6 cm³/mol. The first-order valence-corrected chi connectivity index (χ1v) is 5.85. The average molecular weight is 191 g/mol. The fourth-order valence-electron chi connectivity index (χ4n) is 0.976. The maximum atomic E-state index is 10.8. The molecule has 0 bridgehead atoms. The van der Waals surface area contributed by atoms with Crippen LogP contribution in [0.3, 0.4) is 0 Å². The topological polar surface area (TPSA) is 84.9 Å². The molecule has 0 radical (unpaired) electrons. The van der Waals surface area contributed by atoms with E-state index in [0.717, 1.165) is 0 Å². The lowest BCUT2D eigenvalue weighted by molar-refractivity contribution is 0.529. The number of rotatable bonds is 5. The molecule has 0 aromatic carbocycles. The monoisotopic (exact) mass is 191 g/mol. The van der Waals surface area contributed by atoms with E-state index in [1.807, 2.05) is 0 Å². The summed E-state index contributed by atoms with van der Waals surface area (Å²) in [6.07, 6.45) is 2.34. The van der Waals surface area contributed by atoms with Crippen molar-refractivity contribution in [3.05, 3.63) is 0 Å². The number of nitrogens with two attached hydrogens (primary N) is 1. The molecular formula is C6H13N3O2S. The highest BCUT2D eigenvalue weighted by Gasteiger charge is 2.39. The van der Waals surface area contributed by atoms with Gasteiger partial charge in [-0.05, 0) is 6.54 Å². The Bertz CT molecular complexity index is 277. The molecule has 0 atom stereocenters. The zero-order valence-electron chi connectivity index (χ0n) is 7.02. The van der Waals surface area contributed by atoms with Crippen molar-refractivity contribution in [2.45, 2.75) is 18.5 Å². The summed E-state index contributed by atoms with van der Waals surface area (Å²) in [5, 5.41) is 7.61. The summed E-state index contributed by atoms with van der Waals surface area (Å²) < 4.78 is 21.6. The summed E-state index contributed by atoms with van der Waals surface area (Å²) in [6, 6.07) is 0. The first kappa shape index (κ1) is 9.60. The van der Waals surface area contributed by atoms with Crippen molar-refractivity contribution in [2.24, 2.45) is 16.0 Å². The predicted octanol–water partition coefficient (Wildman–Crippen LogP) is -0.0680. The highest BCUT2D eigenvalue weighted by molar-refractivity contribution is 7.90. The molecule has 5 nitrogen and oxygen atoms in total. The zero-order chi connectivity index (χ0) is 9.24. The Balaban J connectivity index is 2.32. The average Bonchev–Trinajstić information content (AvgIpc) is 2.65. The Morgan fingerprint density at radius 3 is 2.25 bits per heavy atom. The van der Waals surface area contributed by atoms with Gasteiger partial charge >= 0.3 is 0 Å². The van der Waals surface area contributed by atoms with E-state index in [-0.39, 0.29) is 5.75 Å². The molecule has 0 aromatic rings. The summed E-state index contributed by atoms with van der Waals surface area (Å²) in [5.41, 5.74) is 4.88. The molecule has 1 aliphatic heterocycles. The van der Waals surface area contributed by atoms with Gasteiger partial charge in [0, 0.05) is 19.1 Å². The molecule has 6 heteroatoms. The minimum Gasteiger partial charge on any atom is -0.330 e. The van der Waals surface area contributed by atoms with Crippen LogP contribution >= 0.6 is 0 Å². The molecule has 1 rings (SSSR count). The Morgan fingerprint density at radius 1 is 1.33 bits per heavy atom. The van der Waals surface area contributed by atoms with Crippen molar-refractivity contribution < 1.29 is 8.42 Å². The summed E-state index contributed by atoms with van der Waals surface area (Å²) in [5.74, 6) is 0.139. The van der Waals surface area contributed by atoms with Crippen LogP contribution in [0.1, 0.15) is 12.8 Å². The summed E-state index contributed by atoms with van der Waals surface area (Å²) in [6.45, 7) is 0.497. The number of hydrogen-bond acceptors (Lipinski definition) is 5. The van der Waals surface area contributed by atoms with Crippen molar-refractivity contribution in [3.63, 3.8) is 0 Å². The molecular weight excluding hydrogens is 178 g/mol. The number of sulfone groups is 1. The fraction of sp³-hybridized carbons (Fsp3) is 1.00. The quantitative estimate of drug-likeness (QED) is 0.660. The van der Waals surface area contributed by atoms with E-state index in [9.17, 15) is 8.42 Å². The van der Waals surface area contributed by atoms with Gasteiger partial charge in [-0.15, -0.1) is 0 Å². The molecule has 0 amide bonds. The normalized spacial score (nSPS) is 19.5. The van der Waals surface area contributed by atoms with E-state index in [1.54, 1.807) is 0 Å². The van der Waals surface area contributed by atoms with Crippen molar-refractivity contribution in [2.75, 3.05) is 18.6 Å². The van der Waals surface area contributed by atoms with Crippen molar-refractivity contribution >= 4 is 9.84 Å². The van der Waals surface area contributed by atoms with Gasteiger partial charge in [-0.3, -0.25) is 0 Å². The lowest BCUT2D eigenvalue weighted by atomic mass is 10.1. The molecule has 0 saturated heterocycles. The highest BCUT2D eigenvalue weighted by atomic mass is 32.2. The molecule has 12 heavy (non-hydrogen) atoms. The molecule has 0 aliphatic carbocycles. The van der Waals surface area contributed by atoms with Crippen LogP contribution in [0.4, 0.5) is 0 Å². The Hall–Kier alpha value is -0.490. The minimum absolute atomic E-state index is 0.139. The van der Waals surface area contributed by atoms with E-state index in [0.29, 0.717) is 19.4 Å². The molecule has 0 spiro atoms. The van der Waals surface area contributed by atoms with Gasteiger partial charge < -0.3 is 5.73 Å². The molecule has 0 fully saturated rings. The smallest absolute Gasteiger partial charge is 0.193 e. The lowest BCUT2D eigenvalue weighted by Crippen LogP contribution is -2.20. The van der Waals surface area contributed by atoms with Gasteiger partial charge in [0.05, 0.1) is 5.75 Å². The lowest BCUT2D eigenvalue weighted by Gasteiger charge is -2.06. The van der Waals surface area contributed by atoms with Gasteiger partial charge in [-0.1, -0.05) is 0 Å². The second-order valence-electron chi connectivity index (χ2n) is 3.10. The van der Waals surface area contributed by atoms with Crippen LogP contribution in [0.25, 0.3) is 0 Å². The molecule has 0 unspecified atom stereocenters. The summed E-state index contributed by atoms with van der Waals surface area (Å²) in [4.78, 5) is 0. The van der Waals surface area contributed by atoms with Gasteiger partial charge in [-0.25, -0.2) is 8.42 Å². The van der Waals surface area contributed by atoms with E-state index in [2.05, 4.69) is 10.2 Å². The van der Waals surface area contributed by atoms with Crippen LogP contribution < -0.4 is 5.73 Å². The van der Waals surface area contributed by atoms with Crippen LogP contribution in [-0.4, -0.2) is 32.6 Å². The van der Waals surface area contributed by atoms with Crippen LogP contribution in [0, 0.1) is 0 Å². The van der Waals surface area contributed by atoms with Gasteiger partial charge in [-0.2, -0.15) is 10.2 Å². The van der Waals surface area contributed by atoms with E-state index >= 15 is 0 Å². The van der Waals surface area contributed by atoms with Gasteiger partial charge in [0.25, 0.3) is 0 Å². The third-order valence-electron chi connectivity index (χ3n) is 1.80. The first-order valence-electron chi connectivity index (χ1n) is 3.79. The van der Waals surface area contributed by atoms with E-state index < -0.39 is 15.5 Å². The third-order valence-corrected chi connectivity index (χ3v) is 2.75. The van der Waals surface area contributed by atoms with Gasteiger partial charge in [0.2, 0.25) is 0 Å². The Labute approximate surface area is 72.0 Å². The van der Waals surface area contributed by atoms with E-state index in [1.165, 1.54) is 6.26 Å². The maximum Gasteiger partial charge on any atom is 0.193 e. The van der Waals surface area contributed by atoms with Gasteiger partial charge in [0.15, 0.2) is 5.66 Å². The maximum absolute atomic E-state index is 10.8. The summed E-state index contributed by atoms with van der Waals surface area (Å²) in [7, 11) is -2.90.